The Hall–Kier alpha value is -3.80. The molecule has 0 atom stereocenters. The van der Waals surface area contributed by atoms with Gasteiger partial charge in [0, 0.05) is 23.4 Å². The fourth-order valence-electron chi connectivity index (χ4n) is 3.82. The van der Waals surface area contributed by atoms with Crippen LogP contribution in [0.1, 0.15) is 37.7 Å². The molecule has 1 heterocycles. The normalized spacial score (nSPS) is 14.4. The Labute approximate surface area is 189 Å². The number of alkyl halides is 3. The van der Waals surface area contributed by atoms with Crippen LogP contribution in [0.15, 0.2) is 54.6 Å². The molecule has 0 spiro atoms. The van der Waals surface area contributed by atoms with Crippen LogP contribution < -0.4 is 15.4 Å². The number of aromatic nitrogens is 2. The highest BCUT2D eigenvalue weighted by molar-refractivity contribution is 5.69. The lowest BCUT2D eigenvalue weighted by Gasteiger charge is -2.23. The molecule has 0 unspecified atom stereocenters. The predicted molar refractivity (Wildman–Crippen MR) is 119 cm³/mol. The second-order valence-corrected chi connectivity index (χ2v) is 7.83. The van der Waals surface area contributed by atoms with Gasteiger partial charge >= 0.3 is 6.36 Å². The SMILES string of the molecule is N#Cc1cccc(Nc2cc(-c3cccc(OC(F)(F)F)c3)nc(NC3CCCCC3)n2)c1. The lowest BCUT2D eigenvalue weighted by molar-refractivity contribution is -0.274. The standard InChI is InChI=1S/C24H22F3N5O/c25-24(26,27)33-20-11-5-7-17(13-20)21-14-22(29-19-10-4-6-16(12-19)15-28)32-23(31-21)30-18-8-2-1-3-9-18/h4-7,10-14,18H,1-3,8-9H2,(H2,29,30,31,32). The molecule has 33 heavy (non-hydrogen) atoms. The van der Waals surface area contributed by atoms with Crippen molar-refractivity contribution < 1.29 is 17.9 Å². The van der Waals surface area contributed by atoms with Crippen LogP contribution in [0.4, 0.5) is 30.6 Å². The molecule has 2 aromatic carbocycles. The summed E-state index contributed by atoms with van der Waals surface area (Å²) >= 11 is 0. The molecule has 3 aromatic rings. The highest BCUT2D eigenvalue weighted by Gasteiger charge is 2.31. The first kappa shape index (κ1) is 22.4. The van der Waals surface area contributed by atoms with Gasteiger partial charge < -0.3 is 15.4 Å². The van der Waals surface area contributed by atoms with E-state index in [0.717, 1.165) is 25.7 Å². The molecule has 1 aromatic heterocycles. The van der Waals surface area contributed by atoms with E-state index >= 15 is 0 Å². The minimum absolute atomic E-state index is 0.240. The third kappa shape index (κ3) is 6.35. The summed E-state index contributed by atoms with van der Waals surface area (Å²) < 4.78 is 42.1. The minimum atomic E-state index is -4.78. The first-order valence-corrected chi connectivity index (χ1v) is 10.7. The van der Waals surface area contributed by atoms with Gasteiger partial charge in [0.1, 0.15) is 11.6 Å². The van der Waals surface area contributed by atoms with Gasteiger partial charge in [0.25, 0.3) is 0 Å². The minimum Gasteiger partial charge on any atom is -0.406 e. The highest BCUT2D eigenvalue weighted by atomic mass is 19.4. The van der Waals surface area contributed by atoms with Crippen molar-refractivity contribution >= 4 is 17.5 Å². The fourth-order valence-corrected chi connectivity index (χ4v) is 3.82. The Balaban J connectivity index is 1.68. The summed E-state index contributed by atoms with van der Waals surface area (Å²) in [6.07, 6.45) is 0.689. The third-order valence-electron chi connectivity index (χ3n) is 5.29. The Morgan fingerprint density at radius 3 is 2.52 bits per heavy atom. The molecule has 2 N–H and O–H groups in total. The van der Waals surface area contributed by atoms with Crippen LogP contribution in [-0.4, -0.2) is 22.4 Å². The zero-order valence-electron chi connectivity index (χ0n) is 17.7. The summed E-state index contributed by atoms with van der Waals surface area (Å²) in [6.45, 7) is 0. The van der Waals surface area contributed by atoms with Crippen molar-refractivity contribution in [2.24, 2.45) is 0 Å². The molecule has 1 aliphatic carbocycles. The number of ether oxygens (including phenoxy) is 1. The summed E-state index contributed by atoms with van der Waals surface area (Å²) in [6, 6.07) is 16.6. The second kappa shape index (κ2) is 9.77. The van der Waals surface area contributed by atoms with Gasteiger partial charge in [-0.1, -0.05) is 37.5 Å². The van der Waals surface area contributed by atoms with Crippen molar-refractivity contribution in [2.75, 3.05) is 10.6 Å². The Kier molecular flexibility index (Phi) is 6.63. The summed E-state index contributed by atoms with van der Waals surface area (Å²) in [5.41, 5.74) is 2.05. The zero-order valence-corrected chi connectivity index (χ0v) is 17.7. The molecule has 0 aliphatic heterocycles. The molecule has 0 radical (unpaired) electrons. The van der Waals surface area contributed by atoms with Crippen molar-refractivity contribution in [1.29, 1.82) is 5.26 Å². The van der Waals surface area contributed by atoms with E-state index in [2.05, 4.69) is 31.4 Å². The summed E-state index contributed by atoms with van der Waals surface area (Å²) in [5.74, 6) is 0.521. The van der Waals surface area contributed by atoms with Crippen molar-refractivity contribution in [3.63, 3.8) is 0 Å². The molecule has 4 rings (SSSR count). The van der Waals surface area contributed by atoms with Crippen molar-refractivity contribution in [3.05, 3.63) is 60.2 Å². The topological polar surface area (TPSA) is 82.9 Å². The molecule has 1 fully saturated rings. The number of nitrogens with zero attached hydrogens (tertiary/aromatic N) is 3. The van der Waals surface area contributed by atoms with Gasteiger partial charge in [-0.3, -0.25) is 0 Å². The van der Waals surface area contributed by atoms with E-state index in [0.29, 0.717) is 34.3 Å². The quantitative estimate of drug-likeness (QED) is 0.449. The van der Waals surface area contributed by atoms with E-state index in [-0.39, 0.29) is 11.8 Å². The van der Waals surface area contributed by atoms with Crippen molar-refractivity contribution in [2.45, 2.75) is 44.5 Å². The molecule has 6 nitrogen and oxygen atoms in total. The van der Waals surface area contributed by atoms with Gasteiger partial charge in [0.2, 0.25) is 5.95 Å². The number of halogens is 3. The number of hydrogen-bond acceptors (Lipinski definition) is 6. The monoisotopic (exact) mass is 453 g/mol. The van der Waals surface area contributed by atoms with Crippen LogP contribution in [0.25, 0.3) is 11.3 Å². The molecule has 0 bridgehead atoms. The van der Waals surface area contributed by atoms with Gasteiger partial charge in [-0.05, 0) is 43.2 Å². The van der Waals surface area contributed by atoms with Crippen LogP contribution >= 0.6 is 0 Å². The lowest BCUT2D eigenvalue weighted by atomic mass is 9.96. The Bertz CT molecular complexity index is 1150. The van der Waals surface area contributed by atoms with Gasteiger partial charge in [0.15, 0.2) is 0 Å². The highest BCUT2D eigenvalue weighted by Crippen LogP contribution is 2.30. The van der Waals surface area contributed by atoms with Gasteiger partial charge in [-0.15, -0.1) is 13.2 Å². The number of nitriles is 1. The van der Waals surface area contributed by atoms with Crippen LogP contribution in [0.5, 0.6) is 5.75 Å². The second-order valence-electron chi connectivity index (χ2n) is 7.83. The fraction of sp³-hybridized carbons (Fsp3) is 0.292. The van der Waals surface area contributed by atoms with E-state index in [1.54, 1.807) is 36.4 Å². The largest absolute Gasteiger partial charge is 0.573 e. The van der Waals surface area contributed by atoms with E-state index in [1.807, 2.05) is 0 Å². The number of hydrogen-bond donors (Lipinski definition) is 2. The summed E-state index contributed by atoms with van der Waals surface area (Å²) in [4.78, 5) is 9.12. The molecular formula is C24H22F3N5O. The van der Waals surface area contributed by atoms with Crippen molar-refractivity contribution in [1.82, 2.24) is 9.97 Å². The zero-order chi connectivity index (χ0) is 23.3. The van der Waals surface area contributed by atoms with E-state index in [4.69, 9.17) is 5.26 Å². The number of benzene rings is 2. The average molecular weight is 453 g/mol. The van der Waals surface area contributed by atoms with E-state index in [9.17, 15) is 13.2 Å². The number of rotatable bonds is 6. The van der Waals surface area contributed by atoms with E-state index in [1.165, 1.54) is 24.6 Å². The Morgan fingerprint density at radius 2 is 1.76 bits per heavy atom. The lowest BCUT2D eigenvalue weighted by Crippen LogP contribution is -2.23. The van der Waals surface area contributed by atoms with Crippen LogP contribution in [0.3, 0.4) is 0 Å². The summed E-state index contributed by atoms with van der Waals surface area (Å²) in [7, 11) is 0. The van der Waals surface area contributed by atoms with E-state index < -0.39 is 6.36 Å². The average Bonchev–Trinajstić information content (AvgIpc) is 2.79. The third-order valence-corrected chi connectivity index (χ3v) is 5.29. The predicted octanol–water partition coefficient (Wildman–Crippen LogP) is 6.40. The summed E-state index contributed by atoms with van der Waals surface area (Å²) in [5, 5.41) is 15.7. The number of anilines is 3. The first-order valence-electron chi connectivity index (χ1n) is 10.7. The van der Waals surface area contributed by atoms with Gasteiger partial charge in [0.05, 0.1) is 17.3 Å². The van der Waals surface area contributed by atoms with Crippen LogP contribution in [0.2, 0.25) is 0 Å². The molecule has 170 valence electrons. The molecule has 0 amide bonds. The van der Waals surface area contributed by atoms with Crippen molar-refractivity contribution in [3.8, 4) is 23.1 Å². The van der Waals surface area contributed by atoms with Crippen LogP contribution in [-0.2, 0) is 0 Å². The Morgan fingerprint density at radius 1 is 0.970 bits per heavy atom. The maximum atomic E-state index is 12.7. The maximum absolute atomic E-state index is 12.7. The maximum Gasteiger partial charge on any atom is 0.573 e. The van der Waals surface area contributed by atoms with Gasteiger partial charge in [-0.2, -0.15) is 10.2 Å². The molecule has 9 heteroatoms. The number of nitrogens with one attached hydrogen (secondary N) is 2. The molecule has 0 saturated heterocycles. The van der Waals surface area contributed by atoms with Crippen LogP contribution in [0, 0.1) is 11.3 Å². The molecular weight excluding hydrogens is 431 g/mol. The first-order chi connectivity index (χ1) is 15.9. The molecule has 1 aliphatic rings. The smallest absolute Gasteiger partial charge is 0.406 e. The molecule has 1 saturated carbocycles. The van der Waals surface area contributed by atoms with Gasteiger partial charge in [-0.25, -0.2) is 4.98 Å².